The van der Waals surface area contributed by atoms with E-state index in [0.717, 1.165) is 17.7 Å². The number of rotatable bonds is 4. The first-order valence-corrected chi connectivity index (χ1v) is 6.74. The van der Waals surface area contributed by atoms with Crippen molar-refractivity contribution in [1.29, 1.82) is 0 Å². The first-order valence-electron chi connectivity index (χ1n) is 6.74. The molecule has 1 heteroatoms. The van der Waals surface area contributed by atoms with Crippen LogP contribution in [0.4, 0.5) is 0 Å². The van der Waals surface area contributed by atoms with Gasteiger partial charge in [0.1, 0.15) is 0 Å². The molecule has 1 aromatic heterocycles. The highest BCUT2D eigenvalue weighted by molar-refractivity contribution is 5.64. The number of allylic oxidation sites excluding steroid dienone is 1. The molecule has 0 saturated heterocycles. The Bertz CT molecular complexity index is 566. The molecular formula is C18H21N. The summed E-state index contributed by atoms with van der Waals surface area (Å²) < 4.78 is 0. The van der Waals surface area contributed by atoms with Crippen molar-refractivity contribution < 1.29 is 0 Å². The lowest BCUT2D eigenvalue weighted by Gasteiger charge is -2.15. The van der Waals surface area contributed by atoms with Gasteiger partial charge in [-0.25, -0.2) is 0 Å². The van der Waals surface area contributed by atoms with Crippen LogP contribution in [0.25, 0.3) is 5.57 Å². The zero-order valence-corrected chi connectivity index (χ0v) is 12.0. The zero-order valence-electron chi connectivity index (χ0n) is 12.0. The molecule has 0 aliphatic rings. The molecule has 0 aliphatic carbocycles. The first-order chi connectivity index (χ1) is 9.08. The molecule has 98 valence electrons. The van der Waals surface area contributed by atoms with Gasteiger partial charge in [-0.2, -0.15) is 0 Å². The summed E-state index contributed by atoms with van der Waals surface area (Å²) in [6.07, 6.45) is 3.01. The molecule has 0 spiro atoms. The van der Waals surface area contributed by atoms with Crippen LogP contribution in [0.1, 0.15) is 42.1 Å². The maximum Gasteiger partial charge on any atom is 0.0372 e. The smallest absolute Gasteiger partial charge is 0.0372 e. The third kappa shape index (κ3) is 3.31. The topological polar surface area (TPSA) is 12.9 Å². The van der Waals surface area contributed by atoms with Crippen LogP contribution in [0, 0.1) is 6.92 Å². The van der Waals surface area contributed by atoms with E-state index in [1.54, 1.807) is 0 Å². The van der Waals surface area contributed by atoms with Crippen molar-refractivity contribution in [2.75, 3.05) is 0 Å². The van der Waals surface area contributed by atoms with Gasteiger partial charge in [0, 0.05) is 11.9 Å². The van der Waals surface area contributed by atoms with Crippen molar-refractivity contribution >= 4 is 5.57 Å². The van der Waals surface area contributed by atoms with E-state index < -0.39 is 0 Å². The molecule has 2 aromatic rings. The van der Waals surface area contributed by atoms with E-state index in [4.69, 9.17) is 0 Å². The van der Waals surface area contributed by atoms with Crippen LogP contribution in [0.3, 0.4) is 0 Å². The third-order valence-corrected chi connectivity index (χ3v) is 3.51. The standard InChI is InChI=1S/C18H21N/c1-13(2)18-8-6-5-7-16(18)11-14(3)17-10-9-15(4)19-12-17/h5-10,12,14H,1,11H2,2-4H3. The van der Waals surface area contributed by atoms with Gasteiger partial charge in [-0.1, -0.05) is 49.4 Å². The second kappa shape index (κ2) is 5.83. The van der Waals surface area contributed by atoms with Gasteiger partial charge < -0.3 is 0 Å². The summed E-state index contributed by atoms with van der Waals surface area (Å²) in [7, 11) is 0. The summed E-state index contributed by atoms with van der Waals surface area (Å²) in [5, 5.41) is 0. The van der Waals surface area contributed by atoms with Gasteiger partial charge >= 0.3 is 0 Å². The Hall–Kier alpha value is -1.89. The minimum atomic E-state index is 0.466. The van der Waals surface area contributed by atoms with E-state index in [9.17, 15) is 0 Å². The Labute approximate surface area is 116 Å². The molecule has 0 aliphatic heterocycles. The number of hydrogen-bond donors (Lipinski definition) is 0. The zero-order chi connectivity index (χ0) is 13.8. The summed E-state index contributed by atoms with van der Waals surface area (Å²) in [5.74, 6) is 0.466. The fourth-order valence-corrected chi connectivity index (χ4v) is 2.33. The average molecular weight is 251 g/mol. The molecule has 0 amide bonds. The van der Waals surface area contributed by atoms with Crippen molar-refractivity contribution in [3.05, 3.63) is 71.6 Å². The Morgan fingerprint density at radius 3 is 2.58 bits per heavy atom. The Balaban J connectivity index is 2.21. The number of nitrogens with zero attached hydrogens (tertiary/aromatic N) is 1. The molecule has 0 saturated carbocycles. The molecule has 1 unspecified atom stereocenters. The van der Waals surface area contributed by atoms with Crippen molar-refractivity contribution in [2.24, 2.45) is 0 Å². The van der Waals surface area contributed by atoms with E-state index in [2.05, 4.69) is 61.8 Å². The molecule has 0 radical (unpaired) electrons. The summed E-state index contributed by atoms with van der Waals surface area (Å²) in [5.41, 5.74) is 6.13. The lowest BCUT2D eigenvalue weighted by molar-refractivity contribution is 0.752. The molecule has 1 heterocycles. The minimum Gasteiger partial charge on any atom is -0.261 e. The minimum absolute atomic E-state index is 0.466. The third-order valence-electron chi connectivity index (χ3n) is 3.51. The number of pyridine rings is 1. The van der Waals surface area contributed by atoms with Crippen molar-refractivity contribution in [3.63, 3.8) is 0 Å². The summed E-state index contributed by atoms with van der Waals surface area (Å²) in [6, 6.07) is 12.8. The van der Waals surface area contributed by atoms with Crippen LogP contribution in [0.5, 0.6) is 0 Å². The number of aromatic nitrogens is 1. The van der Waals surface area contributed by atoms with Crippen LogP contribution in [-0.4, -0.2) is 4.98 Å². The maximum atomic E-state index is 4.38. The van der Waals surface area contributed by atoms with Gasteiger partial charge in [0.2, 0.25) is 0 Å². The molecule has 1 atom stereocenters. The van der Waals surface area contributed by atoms with Crippen LogP contribution in [0.15, 0.2) is 49.2 Å². The van der Waals surface area contributed by atoms with Gasteiger partial charge in [0.25, 0.3) is 0 Å². The summed E-state index contributed by atoms with van der Waals surface area (Å²) in [4.78, 5) is 4.38. The normalized spacial score (nSPS) is 12.2. The monoisotopic (exact) mass is 251 g/mol. The fourth-order valence-electron chi connectivity index (χ4n) is 2.33. The van der Waals surface area contributed by atoms with Crippen LogP contribution in [0.2, 0.25) is 0 Å². The van der Waals surface area contributed by atoms with E-state index in [-0.39, 0.29) is 0 Å². The molecular weight excluding hydrogens is 230 g/mol. The highest BCUT2D eigenvalue weighted by atomic mass is 14.7. The maximum absolute atomic E-state index is 4.38. The van der Waals surface area contributed by atoms with E-state index in [0.29, 0.717) is 5.92 Å². The van der Waals surface area contributed by atoms with Gasteiger partial charge in [-0.05, 0) is 48.9 Å². The molecule has 0 N–H and O–H groups in total. The van der Waals surface area contributed by atoms with Crippen LogP contribution < -0.4 is 0 Å². The summed E-state index contributed by atoms with van der Waals surface area (Å²) in [6.45, 7) is 10.4. The fraction of sp³-hybridized carbons (Fsp3) is 0.278. The second-order valence-electron chi connectivity index (χ2n) is 5.28. The van der Waals surface area contributed by atoms with Crippen LogP contribution >= 0.6 is 0 Å². The molecule has 19 heavy (non-hydrogen) atoms. The summed E-state index contributed by atoms with van der Waals surface area (Å²) >= 11 is 0. The Morgan fingerprint density at radius 2 is 1.95 bits per heavy atom. The predicted octanol–water partition coefficient (Wildman–Crippen LogP) is 4.77. The number of hydrogen-bond acceptors (Lipinski definition) is 1. The predicted molar refractivity (Wildman–Crippen MR) is 82.2 cm³/mol. The molecule has 1 aromatic carbocycles. The van der Waals surface area contributed by atoms with E-state index in [1.807, 2.05) is 13.1 Å². The van der Waals surface area contributed by atoms with Crippen LogP contribution in [-0.2, 0) is 6.42 Å². The highest BCUT2D eigenvalue weighted by Crippen LogP contribution is 2.25. The Morgan fingerprint density at radius 1 is 1.21 bits per heavy atom. The second-order valence-corrected chi connectivity index (χ2v) is 5.28. The molecule has 0 bridgehead atoms. The van der Waals surface area contributed by atoms with Gasteiger partial charge in [-0.3, -0.25) is 4.98 Å². The lowest BCUT2D eigenvalue weighted by Crippen LogP contribution is -2.01. The molecule has 1 nitrogen and oxygen atoms in total. The van der Waals surface area contributed by atoms with Gasteiger partial charge in [0.15, 0.2) is 0 Å². The largest absolute Gasteiger partial charge is 0.261 e. The average Bonchev–Trinajstić information content (AvgIpc) is 2.39. The highest BCUT2D eigenvalue weighted by Gasteiger charge is 2.10. The molecule has 0 fully saturated rings. The number of benzene rings is 1. The lowest BCUT2D eigenvalue weighted by atomic mass is 9.90. The van der Waals surface area contributed by atoms with Crippen molar-refractivity contribution in [3.8, 4) is 0 Å². The van der Waals surface area contributed by atoms with E-state index >= 15 is 0 Å². The van der Waals surface area contributed by atoms with Gasteiger partial charge in [-0.15, -0.1) is 0 Å². The first kappa shape index (κ1) is 13.5. The van der Waals surface area contributed by atoms with Gasteiger partial charge in [0.05, 0.1) is 0 Å². The number of aryl methyl sites for hydroxylation is 1. The Kier molecular flexibility index (Phi) is 4.16. The SMILES string of the molecule is C=C(C)c1ccccc1CC(C)c1ccc(C)nc1. The van der Waals surface area contributed by atoms with Crippen molar-refractivity contribution in [1.82, 2.24) is 4.98 Å². The van der Waals surface area contributed by atoms with Crippen molar-refractivity contribution in [2.45, 2.75) is 33.1 Å². The van der Waals surface area contributed by atoms with E-state index in [1.165, 1.54) is 16.7 Å². The molecule has 2 rings (SSSR count). The quantitative estimate of drug-likeness (QED) is 0.762.